The molecule has 1 heterocycles. The molecule has 2 aromatic rings. The Morgan fingerprint density at radius 1 is 1.13 bits per heavy atom. The van der Waals surface area contributed by atoms with Crippen LogP contribution in [0.2, 0.25) is 0 Å². The van der Waals surface area contributed by atoms with Crippen molar-refractivity contribution in [2.75, 3.05) is 43.0 Å². The van der Waals surface area contributed by atoms with E-state index in [0.717, 1.165) is 80.1 Å². The Hall–Kier alpha value is -2.05. The Labute approximate surface area is 188 Å². The molecule has 0 spiro atoms. The number of anilines is 2. The van der Waals surface area contributed by atoms with Gasteiger partial charge in [-0.2, -0.15) is 0 Å². The van der Waals surface area contributed by atoms with Gasteiger partial charge in [-0.25, -0.2) is 4.79 Å². The fourth-order valence-corrected chi connectivity index (χ4v) is 4.03. The predicted molar refractivity (Wildman–Crippen MR) is 128 cm³/mol. The summed E-state index contributed by atoms with van der Waals surface area (Å²) in [5, 5.41) is 2.99. The van der Waals surface area contributed by atoms with Crippen LogP contribution in [0.1, 0.15) is 38.7 Å². The van der Waals surface area contributed by atoms with Crippen molar-refractivity contribution in [3.05, 3.63) is 52.5 Å². The standard InChI is InChI=1S/C24H32BrN3O2/c1-3-27(4-2)15-5-6-17-30-22-13-14-23-19(18-22)8-7-16-28(23)24(29)26-21-11-9-20(25)10-12-21/h9-14,18H,3-8,15-17H2,1-2H3,(H,26,29). The molecule has 30 heavy (non-hydrogen) atoms. The first kappa shape index (κ1) is 22.6. The monoisotopic (exact) mass is 473 g/mol. The highest BCUT2D eigenvalue weighted by Crippen LogP contribution is 2.31. The average Bonchev–Trinajstić information content (AvgIpc) is 2.77. The summed E-state index contributed by atoms with van der Waals surface area (Å²) in [6, 6.07) is 13.6. The molecule has 1 aliphatic heterocycles. The van der Waals surface area contributed by atoms with E-state index in [-0.39, 0.29) is 6.03 Å². The van der Waals surface area contributed by atoms with Crippen LogP contribution in [-0.4, -0.2) is 43.7 Å². The predicted octanol–water partition coefficient (Wildman–Crippen LogP) is 5.93. The maximum atomic E-state index is 12.8. The van der Waals surface area contributed by atoms with Gasteiger partial charge in [0, 0.05) is 22.4 Å². The summed E-state index contributed by atoms with van der Waals surface area (Å²) in [4.78, 5) is 17.1. The molecule has 2 amide bonds. The van der Waals surface area contributed by atoms with Gasteiger partial charge in [0.15, 0.2) is 0 Å². The van der Waals surface area contributed by atoms with Crippen LogP contribution in [0, 0.1) is 0 Å². The topological polar surface area (TPSA) is 44.8 Å². The number of halogens is 1. The highest BCUT2D eigenvalue weighted by Gasteiger charge is 2.23. The van der Waals surface area contributed by atoms with Crippen molar-refractivity contribution in [2.24, 2.45) is 0 Å². The molecule has 0 atom stereocenters. The van der Waals surface area contributed by atoms with E-state index in [4.69, 9.17) is 4.74 Å². The smallest absolute Gasteiger partial charge is 0.326 e. The number of rotatable bonds is 9. The lowest BCUT2D eigenvalue weighted by Crippen LogP contribution is -2.38. The molecule has 0 bridgehead atoms. The van der Waals surface area contributed by atoms with Gasteiger partial charge in [0.2, 0.25) is 0 Å². The number of amides is 2. The second-order valence-corrected chi connectivity index (χ2v) is 8.48. The van der Waals surface area contributed by atoms with Crippen molar-refractivity contribution in [2.45, 2.75) is 39.5 Å². The SMILES string of the molecule is CCN(CC)CCCCOc1ccc2c(c1)CCCN2C(=O)Nc1ccc(Br)cc1. The first-order valence-electron chi connectivity index (χ1n) is 10.9. The third kappa shape index (κ3) is 6.22. The van der Waals surface area contributed by atoms with E-state index in [1.165, 1.54) is 5.56 Å². The van der Waals surface area contributed by atoms with E-state index >= 15 is 0 Å². The number of hydrogen-bond acceptors (Lipinski definition) is 3. The highest BCUT2D eigenvalue weighted by atomic mass is 79.9. The lowest BCUT2D eigenvalue weighted by atomic mass is 10.0. The van der Waals surface area contributed by atoms with Gasteiger partial charge in [-0.1, -0.05) is 29.8 Å². The molecule has 5 nitrogen and oxygen atoms in total. The van der Waals surface area contributed by atoms with Crippen LogP contribution < -0.4 is 15.0 Å². The van der Waals surface area contributed by atoms with Crippen LogP contribution in [0.4, 0.5) is 16.2 Å². The number of unbranched alkanes of at least 4 members (excludes halogenated alkanes) is 1. The number of nitrogens with one attached hydrogen (secondary N) is 1. The molecule has 1 aliphatic rings. The Bertz CT molecular complexity index is 822. The van der Waals surface area contributed by atoms with Gasteiger partial charge in [-0.3, -0.25) is 4.90 Å². The van der Waals surface area contributed by atoms with Crippen LogP contribution in [-0.2, 0) is 6.42 Å². The summed E-state index contributed by atoms with van der Waals surface area (Å²) in [5.74, 6) is 0.895. The number of nitrogens with zero attached hydrogens (tertiary/aromatic N) is 2. The summed E-state index contributed by atoms with van der Waals surface area (Å²) in [6.45, 7) is 9.20. The quantitative estimate of drug-likeness (QED) is 0.458. The van der Waals surface area contributed by atoms with Crippen LogP contribution in [0.25, 0.3) is 0 Å². The molecule has 0 aromatic heterocycles. The van der Waals surface area contributed by atoms with Crippen LogP contribution in [0.5, 0.6) is 5.75 Å². The van der Waals surface area contributed by atoms with Gasteiger partial charge in [0.1, 0.15) is 5.75 Å². The van der Waals surface area contributed by atoms with Gasteiger partial charge in [-0.15, -0.1) is 0 Å². The number of aryl methyl sites for hydroxylation is 1. The van der Waals surface area contributed by atoms with E-state index < -0.39 is 0 Å². The lowest BCUT2D eigenvalue weighted by molar-refractivity contribution is 0.256. The first-order valence-corrected chi connectivity index (χ1v) is 11.7. The van der Waals surface area contributed by atoms with Crippen molar-refractivity contribution in [3.63, 3.8) is 0 Å². The molecular weight excluding hydrogens is 442 g/mol. The molecule has 162 valence electrons. The molecule has 0 radical (unpaired) electrons. The largest absolute Gasteiger partial charge is 0.494 e. The van der Waals surface area contributed by atoms with Crippen LogP contribution >= 0.6 is 15.9 Å². The van der Waals surface area contributed by atoms with E-state index in [2.05, 4.69) is 46.1 Å². The zero-order valence-electron chi connectivity index (χ0n) is 18.0. The molecule has 0 unspecified atom stereocenters. The third-order valence-electron chi connectivity index (χ3n) is 5.54. The summed E-state index contributed by atoms with van der Waals surface area (Å²) < 4.78 is 6.97. The van der Waals surface area contributed by atoms with Crippen molar-refractivity contribution >= 4 is 33.3 Å². The molecule has 3 rings (SSSR count). The summed E-state index contributed by atoms with van der Waals surface area (Å²) in [7, 11) is 0. The summed E-state index contributed by atoms with van der Waals surface area (Å²) >= 11 is 3.42. The van der Waals surface area contributed by atoms with Gasteiger partial charge >= 0.3 is 6.03 Å². The fourth-order valence-electron chi connectivity index (χ4n) is 3.77. The second-order valence-electron chi connectivity index (χ2n) is 7.57. The van der Waals surface area contributed by atoms with Crippen molar-refractivity contribution in [3.8, 4) is 5.75 Å². The van der Waals surface area contributed by atoms with E-state index in [1.54, 1.807) is 0 Å². The first-order chi connectivity index (χ1) is 14.6. The minimum atomic E-state index is -0.0941. The summed E-state index contributed by atoms with van der Waals surface area (Å²) in [6.07, 6.45) is 4.12. The van der Waals surface area contributed by atoms with Crippen molar-refractivity contribution < 1.29 is 9.53 Å². The number of carbonyl (C=O) groups excluding carboxylic acids is 1. The molecule has 0 fully saturated rings. The Kier molecular flexibility index (Phi) is 8.58. The van der Waals surface area contributed by atoms with Gasteiger partial charge in [-0.05, 0) is 93.3 Å². The number of urea groups is 1. The normalized spacial score (nSPS) is 13.3. The van der Waals surface area contributed by atoms with Crippen molar-refractivity contribution in [1.29, 1.82) is 0 Å². The number of hydrogen-bond donors (Lipinski definition) is 1. The minimum absolute atomic E-state index is 0.0941. The maximum Gasteiger partial charge on any atom is 0.326 e. The molecule has 0 saturated heterocycles. The van der Waals surface area contributed by atoms with E-state index in [9.17, 15) is 4.79 Å². The lowest BCUT2D eigenvalue weighted by Gasteiger charge is -2.30. The third-order valence-corrected chi connectivity index (χ3v) is 6.07. The Morgan fingerprint density at radius 2 is 1.90 bits per heavy atom. The molecule has 2 aromatic carbocycles. The fraction of sp³-hybridized carbons (Fsp3) is 0.458. The molecular formula is C24H32BrN3O2. The van der Waals surface area contributed by atoms with Crippen molar-refractivity contribution in [1.82, 2.24) is 4.90 Å². The van der Waals surface area contributed by atoms with Gasteiger partial charge < -0.3 is 15.0 Å². The highest BCUT2D eigenvalue weighted by molar-refractivity contribution is 9.10. The van der Waals surface area contributed by atoms with E-state index in [1.807, 2.05) is 41.3 Å². The molecule has 6 heteroatoms. The molecule has 1 N–H and O–H groups in total. The van der Waals surface area contributed by atoms with Gasteiger partial charge in [0.25, 0.3) is 0 Å². The second kappa shape index (κ2) is 11.4. The molecule has 0 saturated carbocycles. The Balaban J connectivity index is 1.55. The summed E-state index contributed by atoms with van der Waals surface area (Å²) in [5.41, 5.74) is 2.94. The number of fused-ring (bicyclic) bond motifs is 1. The number of ether oxygens (including phenoxy) is 1. The van der Waals surface area contributed by atoms with Gasteiger partial charge in [0.05, 0.1) is 6.61 Å². The zero-order valence-corrected chi connectivity index (χ0v) is 19.6. The van der Waals surface area contributed by atoms with E-state index in [0.29, 0.717) is 0 Å². The average molecular weight is 474 g/mol. The minimum Gasteiger partial charge on any atom is -0.494 e. The number of benzene rings is 2. The zero-order chi connectivity index (χ0) is 21.3. The maximum absolute atomic E-state index is 12.8. The Morgan fingerprint density at radius 3 is 2.63 bits per heavy atom. The number of carbonyl (C=O) groups is 1. The van der Waals surface area contributed by atoms with Crippen LogP contribution in [0.15, 0.2) is 46.9 Å². The molecule has 0 aliphatic carbocycles. The van der Waals surface area contributed by atoms with Crippen LogP contribution in [0.3, 0.4) is 0 Å².